The van der Waals surface area contributed by atoms with Gasteiger partial charge in [0.25, 0.3) is 0 Å². The monoisotopic (exact) mass is 474 g/mol. The zero-order valence-electron chi connectivity index (χ0n) is 14.4. The van der Waals surface area contributed by atoms with Crippen LogP contribution in [0.1, 0.15) is 19.1 Å². The summed E-state index contributed by atoms with van der Waals surface area (Å²) in [6.07, 6.45) is 2.75. The van der Waals surface area contributed by atoms with Gasteiger partial charge in [-0.2, -0.15) is 8.62 Å². The maximum atomic E-state index is 11.7. The summed E-state index contributed by atoms with van der Waals surface area (Å²) in [5, 5.41) is 0.632. The minimum Gasteiger partial charge on any atom is -0.383 e. The van der Waals surface area contributed by atoms with Gasteiger partial charge in [-0.15, -0.1) is 0 Å². The van der Waals surface area contributed by atoms with Crippen LogP contribution in [0.5, 0.6) is 0 Å². The lowest BCUT2D eigenvalue weighted by atomic mass is 10.2. The number of hydrogen-bond acceptors (Lipinski definition) is 10. The zero-order valence-corrected chi connectivity index (χ0v) is 17.1. The quantitative estimate of drug-likeness (QED) is 0.337. The first-order chi connectivity index (χ1) is 13.4. The Labute approximate surface area is 162 Å². The Morgan fingerprint density at radius 1 is 1.14 bits per heavy atom. The number of fused-ring (bicyclic) bond motifs is 1. The van der Waals surface area contributed by atoms with Crippen LogP contribution in [0.4, 0.5) is 5.82 Å². The third kappa shape index (κ3) is 5.91. The highest BCUT2D eigenvalue weighted by molar-refractivity contribution is 7.66. The SMILES string of the molecule is Nc1ncnc2c1ccn2[C@H]1CC[C@@H](COP(=O)(O)OP(=O)(O)OP(=O)(O)O)O1. The lowest BCUT2D eigenvalue weighted by molar-refractivity contribution is -0.0202. The first-order valence-corrected chi connectivity index (χ1v) is 12.4. The van der Waals surface area contributed by atoms with E-state index in [1.54, 1.807) is 16.8 Å². The van der Waals surface area contributed by atoms with Crippen LogP contribution in [-0.2, 0) is 31.6 Å². The van der Waals surface area contributed by atoms with E-state index in [0.717, 1.165) is 0 Å². The van der Waals surface area contributed by atoms with E-state index in [1.807, 2.05) is 0 Å². The van der Waals surface area contributed by atoms with Gasteiger partial charge in [0.15, 0.2) is 0 Å². The van der Waals surface area contributed by atoms with Crippen LogP contribution in [0, 0.1) is 0 Å². The van der Waals surface area contributed by atoms with Crippen LogP contribution >= 0.6 is 23.5 Å². The van der Waals surface area contributed by atoms with Gasteiger partial charge in [0.05, 0.1) is 18.1 Å². The molecule has 3 heterocycles. The third-order valence-electron chi connectivity index (χ3n) is 3.77. The fourth-order valence-corrected chi connectivity index (χ4v) is 5.77. The lowest BCUT2D eigenvalue weighted by Crippen LogP contribution is -2.16. The molecule has 0 bridgehead atoms. The van der Waals surface area contributed by atoms with E-state index in [4.69, 9.17) is 25.2 Å². The molecule has 29 heavy (non-hydrogen) atoms. The fraction of sp³-hybridized carbons (Fsp3) is 0.455. The summed E-state index contributed by atoms with van der Waals surface area (Å²) in [4.78, 5) is 43.6. The topological polar surface area (TPSA) is 226 Å². The number of nitrogens with zero attached hydrogens (tertiary/aromatic N) is 3. The molecule has 2 aromatic heterocycles. The molecule has 0 saturated carbocycles. The average Bonchev–Trinajstić information content (AvgIpc) is 3.16. The van der Waals surface area contributed by atoms with Crippen LogP contribution in [0.25, 0.3) is 11.0 Å². The van der Waals surface area contributed by atoms with Crippen LogP contribution in [0.2, 0.25) is 0 Å². The van der Waals surface area contributed by atoms with Crippen molar-refractivity contribution in [3.63, 3.8) is 0 Å². The van der Waals surface area contributed by atoms with Gasteiger partial charge in [-0.05, 0) is 18.9 Å². The Kier molecular flexibility index (Phi) is 6.31. The number of hydrogen-bond donors (Lipinski definition) is 5. The molecule has 0 radical (unpaired) electrons. The number of anilines is 1. The molecule has 2 unspecified atom stereocenters. The van der Waals surface area contributed by atoms with Crippen molar-refractivity contribution in [2.75, 3.05) is 12.3 Å². The van der Waals surface area contributed by atoms with E-state index in [2.05, 4.69) is 23.1 Å². The number of nitrogen functional groups attached to an aromatic ring is 1. The number of phosphoric acid groups is 3. The predicted molar refractivity (Wildman–Crippen MR) is 94.9 cm³/mol. The molecule has 0 aliphatic carbocycles. The fourth-order valence-electron chi connectivity index (χ4n) is 2.72. The highest BCUT2D eigenvalue weighted by Crippen LogP contribution is 2.66. The highest BCUT2D eigenvalue weighted by atomic mass is 31.3. The molecule has 15 nitrogen and oxygen atoms in total. The second kappa shape index (κ2) is 8.14. The largest absolute Gasteiger partial charge is 0.490 e. The molecule has 1 aliphatic heterocycles. The minimum atomic E-state index is -5.55. The maximum Gasteiger partial charge on any atom is 0.490 e. The molecule has 0 amide bonds. The van der Waals surface area contributed by atoms with E-state index in [1.165, 1.54) is 6.33 Å². The summed E-state index contributed by atoms with van der Waals surface area (Å²) < 4.78 is 52.9. The molecule has 6 N–H and O–H groups in total. The molecular weight excluding hydrogens is 457 g/mol. The standard InChI is InChI=1S/C11H17N4O11P3/c12-10-8-3-4-15(11(8)14-6-13-10)9-2-1-7(24-9)5-23-28(19,20)26-29(21,22)25-27(16,17)18/h3-4,6-7,9H,1-2,5H2,(H,19,20)(H,21,22)(H2,12,13,14)(H2,16,17,18)/t7-,9+/m0/s1. The van der Waals surface area contributed by atoms with E-state index in [0.29, 0.717) is 29.7 Å². The Bertz CT molecular complexity index is 1040. The molecule has 18 heteroatoms. The Morgan fingerprint density at radius 2 is 1.86 bits per heavy atom. The van der Waals surface area contributed by atoms with E-state index < -0.39 is 42.4 Å². The molecule has 0 spiro atoms. The van der Waals surface area contributed by atoms with E-state index in [9.17, 15) is 18.6 Å². The third-order valence-corrected chi connectivity index (χ3v) is 7.58. The van der Waals surface area contributed by atoms with Gasteiger partial charge in [-0.3, -0.25) is 4.52 Å². The molecule has 0 aromatic carbocycles. The van der Waals surface area contributed by atoms with Crippen molar-refractivity contribution in [1.29, 1.82) is 0 Å². The van der Waals surface area contributed by atoms with Crippen molar-refractivity contribution < 1.29 is 51.2 Å². The number of phosphoric ester groups is 1. The molecule has 1 aliphatic rings. The first-order valence-electron chi connectivity index (χ1n) is 7.86. The maximum absolute atomic E-state index is 11.7. The van der Waals surface area contributed by atoms with Crippen molar-refractivity contribution in [2.45, 2.75) is 25.2 Å². The second-order valence-electron chi connectivity index (χ2n) is 5.90. The molecule has 1 saturated heterocycles. The second-order valence-corrected chi connectivity index (χ2v) is 10.3. The molecular formula is C11H17N4O11P3. The minimum absolute atomic E-state index is 0.302. The predicted octanol–water partition coefficient (Wildman–Crippen LogP) is 1.03. The van der Waals surface area contributed by atoms with E-state index >= 15 is 0 Å². The summed E-state index contributed by atoms with van der Waals surface area (Å²) in [6, 6.07) is 1.72. The van der Waals surface area contributed by atoms with Crippen molar-refractivity contribution >= 4 is 40.3 Å². The Hall–Kier alpha value is -1.21. The van der Waals surface area contributed by atoms with Gasteiger partial charge in [-0.1, -0.05) is 0 Å². The summed E-state index contributed by atoms with van der Waals surface area (Å²) in [5.41, 5.74) is 6.32. The van der Waals surface area contributed by atoms with Crippen LogP contribution in [0.3, 0.4) is 0 Å². The molecule has 1 fully saturated rings. The number of aromatic nitrogens is 3. The summed E-state index contributed by atoms with van der Waals surface area (Å²) >= 11 is 0. The van der Waals surface area contributed by atoms with Gasteiger partial charge in [-0.25, -0.2) is 23.7 Å². The van der Waals surface area contributed by atoms with Gasteiger partial charge in [0, 0.05) is 6.20 Å². The van der Waals surface area contributed by atoms with Crippen molar-refractivity contribution in [2.24, 2.45) is 0 Å². The van der Waals surface area contributed by atoms with Gasteiger partial charge in [0.2, 0.25) is 0 Å². The van der Waals surface area contributed by atoms with E-state index in [-0.39, 0.29) is 0 Å². The van der Waals surface area contributed by atoms with Crippen molar-refractivity contribution in [3.8, 4) is 0 Å². The highest BCUT2D eigenvalue weighted by Gasteiger charge is 2.41. The number of ether oxygens (including phenoxy) is 1. The summed E-state index contributed by atoms with van der Waals surface area (Å²) in [7, 11) is -16.2. The van der Waals surface area contributed by atoms with Crippen molar-refractivity contribution in [3.05, 3.63) is 18.6 Å². The average molecular weight is 474 g/mol. The number of rotatable bonds is 8. The normalized spacial score (nSPS) is 24.4. The Balaban J connectivity index is 1.58. The first kappa shape index (κ1) is 22.5. The van der Waals surface area contributed by atoms with Crippen LogP contribution in [0.15, 0.2) is 18.6 Å². The summed E-state index contributed by atoms with van der Waals surface area (Å²) in [5.74, 6) is 0.302. The lowest BCUT2D eigenvalue weighted by Gasteiger charge is -2.19. The molecule has 162 valence electrons. The molecule has 2 aromatic rings. The van der Waals surface area contributed by atoms with Crippen molar-refractivity contribution in [1.82, 2.24) is 14.5 Å². The van der Waals surface area contributed by atoms with Gasteiger partial charge in [0.1, 0.15) is 24.0 Å². The molecule has 3 rings (SSSR count). The number of nitrogens with two attached hydrogens (primary N) is 1. The van der Waals surface area contributed by atoms with Crippen LogP contribution in [-0.4, -0.2) is 46.8 Å². The van der Waals surface area contributed by atoms with Crippen LogP contribution < -0.4 is 5.73 Å². The van der Waals surface area contributed by atoms with Gasteiger partial charge < -0.3 is 34.6 Å². The van der Waals surface area contributed by atoms with Gasteiger partial charge >= 0.3 is 23.5 Å². The smallest absolute Gasteiger partial charge is 0.383 e. The summed E-state index contributed by atoms with van der Waals surface area (Å²) in [6.45, 7) is -0.503. The molecule has 4 atom stereocenters. The Morgan fingerprint density at radius 3 is 2.55 bits per heavy atom. The zero-order chi connectivity index (χ0) is 21.4.